The van der Waals surface area contributed by atoms with Crippen LogP contribution in [0, 0.1) is 0 Å². The van der Waals surface area contributed by atoms with Gasteiger partial charge in [0, 0.05) is 44.8 Å². The molecule has 4 rings (SSSR count). The fourth-order valence-electron chi connectivity index (χ4n) is 4.70. The van der Waals surface area contributed by atoms with Crippen LogP contribution in [0.3, 0.4) is 0 Å². The van der Waals surface area contributed by atoms with Crippen LogP contribution >= 0.6 is 0 Å². The Kier molecular flexibility index (Phi) is 6.09. The quantitative estimate of drug-likeness (QED) is 0.588. The summed E-state index contributed by atoms with van der Waals surface area (Å²) in [5.41, 5.74) is 2.89. The number of hydrogen-bond donors (Lipinski definition) is 2. The Morgan fingerprint density at radius 3 is 2.59 bits per heavy atom. The summed E-state index contributed by atoms with van der Waals surface area (Å²) in [6.07, 6.45) is 7.01. The summed E-state index contributed by atoms with van der Waals surface area (Å²) in [7, 11) is 3.56. The van der Waals surface area contributed by atoms with Crippen molar-refractivity contribution in [3.63, 3.8) is 0 Å². The number of benzene rings is 1. The molecule has 0 radical (unpaired) electrons. The van der Waals surface area contributed by atoms with Crippen LogP contribution in [0.25, 0.3) is 0 Å². The number of nitrogens with zero attached hydrogens (tertiary/aromatic N) is 3. The zero-order chi connectivity index (χ0) is 20.4. The van der Waals surface area contributed by atoms with E-state index in [4.69, 9.17) is 0 Å². The lowest BCUT2D eigenvalue weighted by atomic mass is 9.88. The topological polar surface area (TPSA) is 60.0 Å². The van der Waals surface area contributed by atoms with Crippen LogP contribution in [0.2, 0.25) is 0 Å². The van der Waals surface area contributed by atoms with Crippen molar-refractivity contribution < 1.29 is 4.79 Å². The summed E-state index contributed by atoms with van der Waals surface area (Å²) >= 11 is 0. The molecule has 6 heteroatoms. The van der Waals surface area contributed by atoms with Gasteiger partial charge in [-0.05, 0) is 56.6 Å². The standard InChI is InChI=1S/C23H35N5O/c1-16-12-20(15-28(16)21-10-11-21)26-23(24-14-22(29)27(2)3)25-19-9-8-17-6-4-5-7-18(17)13-19/h4-7,16,19-21H,8-15H2,1-3H3,(H2,24,25,26). The molecule has 3 aliphatic rings. The third kappa shape index (κ3) is 5.10. The van der Waals surface area contributed by atoms with Gasteiger partial charge in [0.1, 0.15) is 6.54 Å². The number of likely N-dealkylation sites (tertiary alicyclic amines) is 1. The lowest BCUT2D eigenvalue weighted by Crippen LogP contribution is -2.50. The van der Waals surface area contributed by atoms with Gasteiger partial charge in [0.05, 0.1) is 0 Å². The second-order valence-electron chi connectivity index (χ2n) is 9.16. The highest BCUT2D eigenvalue weighted by atomic mass is 16.2. The lowest BCUT2D eigenvalue weighted by molar-refractivity contribution is -0.127. The van der Waals surface area contributed by atoms with Crippen molar-refractivity contribution in [2.75, 3.05) is 27.2 Å². The predicted octanol–water partition coefficient (Wildman–Crippen LogP) is 1.79. The number of rotatable bonds is 5. The molecule has 1 aliphatic heterocycles. The van der Waals surface area contributed by atoms with Gasteiger partial charge in [0.25, 0.3) is 0 Å². The average molecular weight is 398 g/mol. The van der Waals surface area contributed by atoms with Crippen molar-refractivity contribution in [3.8, 4) is 0 Å². The summed E-state index contributed by atoms with van der Waals surface area (Å²) < 4.78 is 0. The Balaban J connectivity index is 1.41. The van der Waals surface area contributed by atoms with Gasteiger partial charge < -0.3 is 15.5 Å². The van der Waals surface area contributed by atoms with E-state index in [0.717, 1.165) is 44.2 Å². The molecule has 29 heavy (non-hydrogen) atoms. The monoisotopic (exact) mass is 397 g/mol. The highest BCUT2D eigenvalue weighted by Gasteiger charge is 2.39. The number of guanidine groups is 1. The van der Waals surface area contributed by atoms with E-state index in [1.165, 1.54) is 24.0 Å². The van der Waals surface area contributed by atoms with E-state index in [1.54, 1.807) is 19.0 Å². The second-order valence-corrected chi connectivity index (χ2v) is 9.16. The predicted molar refractivity (Wildman–Crippen MR) is 117 cm³/mol. The van der Waals surface area contributed by atoms with E-state index in [1.807, 2.05) is 0 Å². The molecule has 1 heterocycles. The molecule has 0 aromatic heterocycles. The second kappa shape index (κ2) is 8.74. The number of amides is 1. The van der Waals surface area contributed by atoms with Crippen LogP contribution in [0.15, 0.2) is 29.3 Å². The first-order valence-corrected chi connectivity index (χ1v) is 11.1. The van der Waals surface area contributed by atoms with Crippen LogP contribution < -0.4 is 10.6 Å². The average Bonchev–Trinajstić information content (AvgIpc) is 3.48. The van der Waals surface area contributed by atoms with E-state index < -0.39 is 0 Å². The van der Waals surface area contributed by atoms with Crippen LogP contribution in [0.1, 0.15) is 43.7 Å². The van der Waals surface area contributed by atoms with Gasteiger partial charge in [-0.25, -0.2) is 4.99 Å². The highest BCUT2D eigenvalue weighted by Crippen LogP contribution is 2.33. The number of hydrogen-bond acceptors (Lipinski definition) is 3. The van der Waals surface area contributed by atoms with Crippen molar-refractivity contribution in [1.82, 2.24) is 20.4 Å². The molecule has 6 nitrogen and oxygen atoms in total. The smallest absolute Gasteiger partial charge is 0.243 e. The van der Waals surface area contributed by atoms with Gasteiger partial charge in [-0.15, -0.1) is 0 Å². The molecule has 0 bridgehead atoms. The molecule has 1 amide bonds. The fraction of sp³-hybridized carbons (Fsp3) is 0.652. The first-order valence-electron chi connectivity index (χ1n) is 11.1. The molecule has 3 unspecified atom stereocenters. The number of carbonyl (C=O) groups excluding carboxylic acids is 1. The Morgan fingerprint density at radius 1 is 1.14 bits per heavy atom. The number of likely N-dealkylation sites (N-methyl/N-ethyl adjacent to an activating group) is 1. The van der Waals surface area contributed by atoms with Gasteiger partial charge in [-0.1, -0.05) is 24.3 Å². The van der Waals surface area contributed by atoms with Gasteiger partial charge >= 0.3 is 0 Å². The van der Waals surface area contributed by atoms with Crippen LogP contribution in [-0.2, 0) is 17.6 Å². The Morgan fingerprint density at radius 2 is 1.86 bits per heavy atom. The van der Waals surface area contributed by atoms with Crippen LogP contribution in [0.5, 0.6) is 0 Å². The molecule has 2 fully saturated rings. The third-order valence-electron chi connectivity index (χ3n) is 6.54. The van der Waals surface area contributed by atoms with E-state index >= 15 is 0 Å². The minimum Gasteiger partial charge on any atom is -0.353 e. The Labute approximate surface area is 174 Å². The van der Waals surface area contributed by atoms with Crippen molar-refractivity contribution in [3.05, 3.63) is 35.4 Å². The maximum Gasteiger partial charge on any atom is 0.243 e. The zero-order valence-corrected chi connectivity index (χ0v) is 18.0. The molecule has 1 saturated heterocycles. The highest BCUT2D eigenvalue weighted by molar-refractivity contribution is 5.85. The molecule has 2 N–H and O–H groups in total. The van der Waals surface area contributed by atoms with E-state index in [-0.39, 0.29) is 12.5 Å². The van der Waals surface area contributed by atoms with Gasteiger partial charge in [-0.3, -0.25) is 9.69 Å². The van der Waals surface area contributed by atoms with Gasteiger partial charge in [-0.2, -0.15) is 0 Å². The summed E-state index contributed by atoms with van der Waals surface area (Å²) in [5.74, 6) is 0.818. The molecular formula is C23H35N5O. The Bertz CT molecular complexity index is 757. The molecular weight excluding hydrogens is 362 g/mol. The molecule has 1 aromatic carbocycles. The molecule has 2 aliphatic carbocycles. The minimum atomic E-state index is 0.0273. The SMILES string of the molecule is CC1CC(NC(=NCC(=O)N(C)C)NC2CCc3ccccc3C2)CN1C1CC1. The van der Waals surface area contributed by atoms with Crippen LogP contribution in [-0.4, -0.2) is 73.0 Å². The van der Waals surface area contributed by atoms with E-state index in [9.17, 15) is 4.79 Å². The van der Waals surface area contributed by atoms with Crippen molar-refractivity contribution in [1.29, 1.82) is 0 Å². The van der Waals surface area contributed by atoms with E-state index in [2.05, 4.69) is 51.7 Å². The molecule has 1 aromatic rings. The summed E-state index contributed by atoms with van der Waals surface area (Å²) in [6.45, 7) is 3.58. The molecule has 1 saturated carbocycles. The van der Waals surface area contributed by atoms with Crippen molar-refractivity contribution in [2.24, 2.45) is 4.99 Å². The van der Waals surface area contributed by atoms with Crippen molar-refractivity contribution >= 4 is 11.9 Å². The fourth-order valence-corrected chi connectivity index (χ4v) is 4.70. The van der Waals surface area contributed by atoms with Crippen LogP contribution in [0.4, 0.5) is 0 Å². The maximum atomic E-state index is 12.1. The zero-order valence-electron chi connectivity index (χ0n) is 18.0. The summed E-state index contributed by atoms with van der Waals surface area (Å²) in [5, 5.41) is 7.29. The summed E-state index contributed by atoms with van der Waals surface area (Å²) in [4.78, 5) is 21.0. The number of aryl methyl sites for hydroxylation is 1. The van der Waals surface area contributed by atoms with E-state index in [0.29, 0.717) is 18.1 Å². The summed E-state index contributed by atoms with van der Waals surface area (Å²) in [6, 6.07) is 10.9. The third-order valence-corrected chi connectivity index (χ3v) is 6.54. The first kappa shape index (κ1) is 20.2. The number of carbonyl (C=O) groups is 1. The maximum absolute atomic E-state index is 12.1. The minimum absolute atomic E-state index is 0.0273. The molecule has 158 valence electrons. The Hall–Kier alpha value is -2.08. The number of nitrogens with one attached hydrogen (secondary N) is 2. The lowest BCUT2D eigenvalue weighted by Gasteiger charge is -2.28. The van der Waals surface area contributed by atoms with Gasteiger partial charge in [0.15, 0.2) is 5.96 Å². The molecule has 3 atom stereocenters. The first-order chi connectivity index (χ1) is 14.0. The normalized spacial score (nSPS) is 27.4. The number of fused-ring (bicyclic) bond motifs is 1. The van der Waals surface area contributed by atoms with Crippen molar-refractivity contribution in [2.45, 2.75) is 69.6 Å². The largest absolute Gasteiger partial charge is 0.353 e. The van der Waals surface area contributed by atoms with Gasteiger partial charge in [0.2, 0.25) is 5.91 Å². The molecule has 0 spiro atoms. The number of aliphatic imine (C=N–C) groups is 1.